The van der Waals surface area contributed by atoms with Crippen molar-refractivity contribution in [3.8, 4) is 28.7 Å². The van der Waals surface area contributed by atoms with Crippen molar-refractivity contribution < 1.29 is 19.0 Å². The molecule has 0 unspecified atom stereocenters. The summed E-state index contributed by atoms with van der Waals surface area (Å²) in [6, 6.07) is 21.4. The first-order valence-corrected chi connectivity index (χ1v) is 10.4. The van der Waals surface area contributed by atoms with Crippen LogP contribution in [0.3, 0.4) is 0 Å². The highest BCUT2D eigenvalue weighted by atomic mass is 16.7. The molecule has 0 bridgehead atoms. The number of rotatable bonds is 7. The van der Waals surface area contributed by atoms with Crippen LogP contribution in [0.25, 0.3) is 17.2 Å². The van der Waals surface area contributed by atoms with Crippen LogP contribution in [0.2, 0.25) is 0 Å². The summed E-state index contributed by atoms with van der Waals surface area (Å²) in [7, 11) is 1.59. The van der Waals surface area contributed by atoms with Gasteiger partial charge in [-0.05, 0) is 79.1 Å². The number of hydrogen-bond acceptors (Lipinski definition) is 4. The van der Waals surface area contributed by atoms with Gasteiger partial charge in [-0.2, -0.15) is 0 Å². The second kappa shape index (κ2) is 11.5. The molecule has 3 aromatic carbocycles. The first kappa shape index (κ1) is 22.9. The highest BCUT2D eigenvalue weighted by molar-refractivity contribution is 5.89. The number of ether oxygens (including phenoxy) is 3. The third kappa shape index (κ3) is 6.34. The molecular weight excluding hydrogens is 400 g/mol. The third-order valence-electron chi connectivity index (χ3n) is 4.69. The van der Waals surface area contributed by atoms with Crippen molar-refractivity contribution in [3.05, 3.63) is 95.1 Å². The molecule has 4 heteroatoms. The van der Waals surface area contributed by atoms with E-state index in [0.29, 0.717) is 12.2 Å². The number of esters is 1. The van der Waals surface area contributed by atoms with E-state index in [1.165, 1.54) is 5.56 Å². The van der Waals surface area contributed by atoms with Crippen LogP contribution < -0.4 is 4.74 Å². The summed E-state index contributed by atoms with van der Waals surface area (Å²) in [5.41, 5.74) is 5.75. The number of benzene rings is 3. The minimum Gasteiger partial charge on any atom is -0.468 e. The molecule has 0 spiro atoms. The van der Waals surface area contributed by atoms with Crippen molar-refractivity contribution in [2.75, 3.05) is 20.5 Å². The van der Waals surface area contributed by atoms with Gasteiger partial charge in [0.1, 0.15) is 5.75 Å². The average Bonchev–Trinajstić information content (AvgIpc) is 2.82. The van der Waals surface area contributed by atoms with Crippen molar-refractivity contribution in [1.82, 2.24) is 0 Å². The van der Waals surface area contributed by atoms with Crippen molar-refractivity contribution in [2.45, 2.75) is 13.8 Å². The van der Waals surface area contributed by atoms with Gasteiger partial charge < -0.3 is 14.2 Å². The lowest BCUT2D eigenvalue weighted by atomic mass is 9.98. The molecule has 0 aromatic heterocycles. The highest BCUT2D eigenvalue weighted by Crippen LogP contribution is 2.29. The summed E-state index contributed by atoms with van der Waals surface area (Å²) in [5.74, 6) is 6.55. The summed E-state index contributed by atoms with van der Waals surface area (Å²) in [5, 5.41) is 0. The van der Waals surface area contributed by atoms with E-state index in [1.807, 2.05) is 42.5 Å². The van der Waals surface area contributed by atoms with Gasteiger partial charge in [-0.3, -0.25) is 0 Å². The number of aryl methyl sites for hydroxylation is 1. The maximum Gasteiger partial charge on any atom is 0.338 e. The summed E-state index contributed by atoms with van der Waals surface area (Å²) < 4.78 is 15.6. The van der Waals surface area contributed by atoms with Gasteiger partial charge in [0.25, 0.3) is 0 Å². The smallest absolute Gasteiger partial charge is 0.338 e. The van der Waals surface area contributed by atoms with Gasteiger partial charge in [0, 0.05) is 12.7 Å². The molecule has 4 nitrogen and oxygen atoms in total. The molecule has 0 amide bonds. The van der Waals surface area contributed by atoms with E-state index in [0.717, 1.165) is 28.0 Å². The Morgan fingerprint density at radius 2 is 1.75 bits per heavy atom. The zero-order chi connectivity index (χ0) is 22.8. The molecular formula is C28H26O4. The molecule has 0 heterocycles. The van der Waals surface area contributed by atoms with Crippen LogP contribution in [-0.4, -0.2) is 26.5 Å². The third-order valence-corrected chi connectivity index (χ3v) is 4.69. The van der Waals surface area contributed by atoms with Gasteiger partial charge >= 0.3 is 5.97 Å². The van der Waals surface area contributed by atoms with Crippen LogP contribution in [0.5, 0.6) is 5.75 Å². The van der Waals surface area contributed by atoms with Gasteiger partial charge in [0.15, 0.2) is 6.79 Å². The lowest BCUT2D eigenvalue weighted by Crippen LogP contribution is -2.04. The molecule has 0 saturated carbocycles. The summed E-state index contributed by atoms with van der Waals surface area (Å²) >= 11 is 0. The monoisotopic (exact) mass is 426 g/mol. The Morgan fingerprint density at radius 1 is 1.00 bits per heavy atom. The molecule has 0 aliphatic heterocycles. The Kier molecular flexibility index (Phi) is 8.25. The van der Waals surface area contributed by atoms with Crippen molar-refractivity contribution >= 4 is 12.0 Å². The Bertz CT molecular complexity index is 1130. The number of carbonyl (C=O) groups excluding carboxylic acids is 1. The van der Waals surface area contributed by atoms with Crippen LogP contribution >= 0.6 is 0 Å². The normalized spacial score (nSPS) is 10.5. The summed E-state index contributed by atoms with van der Waals surface area (Å²) in [4.78, 5) is 11.7. The van der Waals surface area contributed by atoms with E-state index in [-0.39, 0.29) is 12.8 Å². The Morgan fingerprint density at radius 3 is 2.44 bits per heavy atom. The molecule has 3 rings (SSSR count). The van der Waals surface area contributed by atoms with Crippen LogP contribution in [-0.2, 0) is 9.47 Å². The van der Waals surface area contributed by atoms with Crippen molar-refractivity contribution in [1.29, 1.82) is 0 Å². The van der Waals surface area contributed by atoms with Gasteiger partial charge in [-0.25, -0.2) is 4.79 Å². The second-order valence-corrected chi connectivity index (χ2v) is 7.07. The molecule has 0 saturated heterocycles. The van der Waals surface area contributed by atoms with E-state index in [9.17, 15) is 4.79 Å². The van der Waals surface area contributed by atoms with Crippen LogP contribution in [0.4, 0.5) is 0 Å². The predicted molar refractivity (Wildman–Crippen MR) is 127 cm³/mol. The first-order chi connectivity index (χ1) is 15.6. The fraction of sp³-hybridized carbons (Fsp3) is 0.179. The van der Waals surface area contributed by atoms with E-state index < -0.39 is 0 Å². The first-order valence-electron chi connectivity index (χ1n) is 10.4. The Hall–Kier alpha value is -3.81. The molecule has 0 atom stereocenters. The number of methoxy groups -OCH3 is 1. The SMILES string of the molecule is CCOC(=O)c1ccc(C#C/C=C/c2cc(OCOC)ccc2-c2ccc(C)cc2)cc1. The number of allylic oxidation sites excluding steroid dienone is 1. The van der Waals surface area contributed by atoms with Crippen LogP contribution in [0.1, 0.15) is 34.0 Å². The van der Waals surface area contributed by atoms with Gasteiger partial charge in [0.2, 0.25) is 0 Å². The minimum absolute atomic E-state index is 0.189. The number of hydrogen-bond donors (Lipinski definition) is 0. The maximum absolute atomic E-state index is 11.7. The topological polar surface area (TPSA) is 44.8 Å². The molecule has 162 valence electrons. The van der Waals surface area contributed by atoms with Crippen molar-refractivity contribution in [2.24, 2.45) is 0 Å². The predicted octanol–water partition coefficient (Wildman–Crippen LogP) is 5.89. The molecule has 32 heavy (non-hydrogen) atoms. The highest BCUT2D eigenvalue weighted by Gasteiger charge is 2.06. The lowest BCUT2D eigenvalue weighted by Gasteiger charge is -2.10. The fourth-order valence-corrected chi connectivity index (χ4v) is 3.05. The zero-order valence-electron chi connectivity index (χ0n) is 18.6. The van der Waals surface area contributed by atoms with E-state index in [4.69, 9.17) is 14.2 Å². The molecule has 3 aromatic rings. The van der Waals surface area contributed by atoms with E-state index in [1.54, 1.807) is 26.2 Å². The van der Waals surface area contributed by atoms with Crippen molar-refractivity contribution in [3.63, 3.8) is 0 Å². The second-order valence-electron chi connectivity index (χ2n) is 7.07. The molecule has 0 fully saturated rings. The molecule has 0 aliphatic carbocycles. The quantitative estimate of drug-likeness (QED) is 0.269. The fourth-order valence-electron chi connectivity index (χ4n) is 3.05. The standard InChI is InChI=1S/C28H26O4/c1-4-31-28(29)24-15-11-22(12-16-24)7-5-6-8-25-19-26(32-20-30-3)17-18-27(25)23-13-9-21(2)10-14-23/h6,8-19H,4,20H2,1-3H3/b8-6+. The summed E-state index contributed by atoms with van der Waals surface area (Å²) in [6.07, 6.45) is 3.78. The minimum atomic E-state index is -0.328. The number of carbonyl (C=O) groups is 1. The molecule has 0 aliphatic rings. The van der Waals surface area contributed by atoms with Crippen LogP contribution in [0, 0.1) is 18.8 Å². The lowest BCUT2D eigenvalue weighted by molar-refractivity contribution is 0.0510. The Balaban J connectivity index is 1.82. The summed E-state index contributed by atoms with van der Waals surface area (Å²) in [6.45, 7) is 4.40. The van der Waals surface area contributed by atoms with E-state index >= 15 is 0 Å². The molecule has 0 N–H and O–H groups in total. The van der Waals surface area contributed by atoms with Gasteiger partial charge in [-0.15, -0.1) is 0 Å². The van der Waals surface area contributed by atoms with Gasteiger partial charge in [-0.1, -0.05) is 47.7 Å². The zero-order valence-corrected chi connectivity index (χ0v) is 18.6. The van der Waals surface area contributed by atoms with Gasteiger partial charge in [0.05, 0.1) is 12.2 Å². The average molecular weight is 427 g/mol. The van der Waals surface area contributed by atoms with E-state index in [2.05, 4.69) is 43.0 Å². The molecule has 0 radical (unpaired) electrons. The maximum atomic E-state index is 11.7. The Labute approximate surface area is 189 Å². The largest absolute Gasteiger partial charge is 0.468 e. The van der Waals surface area contributed by atoms with Crippen LogP contribution in [0.15, 0.2) is 72.8 Å².